The van der Waals surface area contributed by atoms with Crippen LogP contribution in [0, 0.1) is 0 Å². The molecule has 1 aromatic heterocycles. The first-order valence-corrected chi connectivity index (χ1v) is 18.0. The maximum Gasteiger partial charge on any atom is 0.163 e. The Labute approximate surface area is 305 Å². The van der Waals surface area contributed by atoms with Crippen LogP contribution in [-0.4, -0.2) is 11.7 Å². The third kappa shape index (κ3) is 4.77. The second-order valence-electron chi connectivity index (χ2n) is 13.8. The minimum Gasteiger partial charge on any atom is -0.455 e. The van der Waals surface area contributed by atoms with Crippen LogP contribution < -0.4 is 5.32 Å². The minimum absolute atomic E-state index is 0.330. The van der Waals surface area contributed by atoms with Crippen LogP contribution in [0.3, 0.4) is 0 Å². The summed E-state index contributed by atoms with van der Waals surface area (Å²) < 4.78 is 6.93. The molecule has 9 aromatic carbocycles. The van der Waals surface area contributed by atoms with Gasteiger partial charge in [0.15, 0.2) is 5.84 Å². The standard InChI is InChI=1S/C49H31N3O/c1-3-14-31(15-4-1)47-50-48(32-16-5-2-6-17-32)52-49(51-47)44-29-34(28-43-41-26-23-30-13-7-8-18-35(30)45(41)53-46(43)44)33-24-25-40-38-21-10-9-19-36(38)37-20-11-12-22-39(37)42(40)27-33/h1-29,47H,(H,50,51,52). The van der Waals surface area contributed by atoms with Gasteiger partial charge in [-0.25, -0.2) is 9.98 Å². The first-order chi connectivity index (χ1) is 26.3. The van der Waals surface area contributed by atoms with Gasteiger partial charge < -0.3 is 9.73 Å². The SMILES string of the molecule is c1ccc(C2=NC(c3cc(-c4ccc5c6ccccc6c6ccccc6c5c4)cc4c3oc3c5ccccc5ccc43)=NC(c3ccccc3)N2)cc1. The molecule has 1 unspecified atom stereocenters. The van der Waals surface area contributed by atoms with E-state index < -0.39 is 0 Å². The highest BCUT2D eigenvalue weighted by atomic mass is 16.3. The molecule has 53 heavy (non-hydrogen) atoms. The number of nitrogens with zero attached hydrogens (tertiary/aromatic N) is 2. The fourth-order valence-corrected chi connectivity index (χ4v) is 8.14. The van der Waals surface area contributed by atoms with E-state index in [1.807, 2.05) is 24.3 Å². The van der Waals surface area contributed by atoms with E-state index in [0.717, 1.165) is 66.4 Å². The molecule has 0 amide bonds. The summed E-state index contributed by atoms with van der Waals surface area (Å²) in [7, 11) is 0. The highest BCUT2D eigenvalue weighted by Crippen LogP contribution is 2.41. The van der Waals surface area contributed by atoms with Gasteiger partial charge in [-0.05, 0) is 78.7 Å². The van der Waals surface area contributed by atoms with Crippen LogP contribution in [0.1, 0.15) is 22.9 Å². The van der Waals surface area contributed by atoms with Crippen molar-refractivity contribution in [2.75, 3.05) is 0 Å². The molecule has 0 saturated heterocycles. The molecule has 0 fully saturated rings. The Morgan fingerprint density at radius 2 is 1.00 bits per heavy atom. The molecular weight excluding hydrogens is 647 g/mol. The molecule has 1 aliphatic heterocycles. The van der Waals surface area contributed by atoms with Gasteiger partial charge >= 0.3 is 0 Å². The van der Waals surface area contributed by atoms with Crippen LogP contribution in [0.15, 0.2) is 190 Å². The van der Waals surface area contributed by atoms with Gasteiger partial charge in [0.1, 0.15) is 23.2 Å². The van der Waals surface area contributed by atoms with Crippen molar-refractivity contribution < 1.29 is 4.42 Å². The number of amidine groups is 2. The van der Waals surface area contributed by atoms with Crippen LogP contribution >= 0.6 is 0 Å². The Morgan fingerprint density at radius 3 is 1.74 bits per heavy atom. The van der Waals surface area contributed by atoms with Crippen molar-refractivity contribution in [1.82, 2.24) is 5.32 Å². The molecule has 4 nitrogen and oxygen atoms in total. The van der Waals surface area contributed by atoms with Crippen molar-refractivity contribution >= 4 is 76.7 Å². The van der Waals surface area contributed by atoms with E-state index in [0.29, 0.717) is 5.84 Å². The molecule has 1 N–H and O–H groups in total. The number of benzene rings is 9. The van der Waals surface area contributed by atoms with Crippen LogP contribution in [0.5, 0.6) is 0 Å². The first kappa shape index (κ1) is 29.7. The van der Waals surface area contributed by atoms with Crippen LogP contribution in [0.2, 0.25) is 0 Å². The summed E-state index contributed by atoms with van der Waals surface area (Å²) in [4.78, 5) is 10.5. The topological polar surface area (TPSA) is 49.9 Å². The fraction of sp³-hybridized carbons (Fsp3) is 0.0204. The van der Waals surface area contributed by atoms with Crippen molar-refractivity contribution in [3.63, 3.8) is 0 Å². The lowest BCUT2D eigenvalue weighted by molar-refractivity contribution is 0.665. The van der Waals surface area contributed by atoms with E-state index in [1.165, 1.54) is 32.3 Å². The molecule has 0 spiro atoms. The predicted molar refractivity (Wildman–Crippen MR) is 221 cm³/mol. The molecule has 0 aliphatic carbocycles. The zero-order valence-corrected chi connectivity index (χ0v) is 28.6. The van der Waals surface area contributed by atoms with Crippen LogP contribution in [-0.2, 0) is 0 Å². The molecule has 11 rings (SSSR count). The Bertz CT molecular complexity index is 3110. The lowest BCUT2D eigenvalue weighted by Crippen LogP contribution is -2.33. The second-order valence-corrected chi connectivity index (χ2v) is 13.8. The van der Waals surface area contributed by atoms with Crippen molar-refractivity contribution in [3.05, 3.63) is 193 Å². The molecule has 0 radical (unpaired) electrons. The Hall–Kier alpha value is -7.04. The third-order valence-corrected chi connectivity index (χ3v) is 10.7. The zero-order chi connectivity index (χ0) is 34.9. The molecule has 0 bridgehead atoms. The predicted octanol–water partition coefficient (Wildman–Crippen LogP) is 12.4. The number of rotatable bonds is 4. The Morgan fingerprint density at radius 1 is 0.415 bits per heavy atom. The number of aliphatic imine (C=N–C) groups is 2. The summed E-state index contributed by atoms with van der Waals surface area (Å²) in [5.41, 5.74) is 6.77. The molecule has 4 heteroatoms. The van der Waals surface area contributed by atoms with Gasteiger partial charge in [-0.15, -0.1) is 0 Å². The molecule has 1 atom stereocenters. The van der Waals surface area contributed by atoms with Gasteiger partial charge in [-0.2, -0.15) is 0 Å². The summed E-state index contributed by atoms with van der Waals surface area (Å²) in [5, 5.41) is 15.5. The summed E-state index contributed by atoms with van der Waals surface area (Å²) in [6.07, 6.45) is -0.330. The third-order valence-electron chi connectivity index (χ3n) is 10.7. The number of hydrogen-bond donors (Lipinski definition) is 1. The van der Waals surface area contributed by atoms with Gasteiger partial charge in [0.25, 0.3) is 0 Å². The van der Waals surface area contributed by atoms with Gasteiger partial charge in [0.2, 0.25) is 0 Å². The summed E-state index contributed by atoms with van der Waals surface area (Å²) in [6, 6.07) is 62.2. The average molecular weight is 678 g/mol. The summed E-state index contributed by atoms with van der Waals surface area (Å²) >= 11 is 0. The maximum atomic E-state index is 6.93. The highest BCUT2D eigenvalue weighted by molar-refractivity contribution is 6.26. The lowest BCUT2D eigenvalue weighted by Gasteiger charge is -2.24. The van der Waals surface area contributed by atoms with Gasteiger partial charge in [0.05, 0.1) is 5.56 Å². The number of fused-ring (bicyclic) bond motifs is 11. The van der Waals surface area contributed by atoms with Gasteiger partial charge in [-0.1, -0.05) is 152 Å². The van der Waals surface area contributed by atoms with E-state index in [2.05, 4.69) is 157 Å². The van der Waals surface area contributed by atoms with Gasteiger partial charge in [0, 0.05) is 21.7 Å². The Kier molecular flexibility index (Phi) is 6.58. The van der Waals surface area contributed by atoms with E-state index in [4.69, 9.17) is 14.4 Å². The normalized spacial score (nSPS) is 14.6. The van der Waals surface area contributed by atoms with Crippen molar-refractivity contribution in [1.29, 1.82) is 0 Å². The molecule has 1 aliphatic rings. The molecule has 10 aromatic rings. The van der Waals surface area contributed by atoms with Crippen molar-refractivity contribution in [2.45, 2.75) is 6.17 Å². The van der Waals surface area contributed by atoms with Gasteiger partial charge in [-0.3, -0.25) is 0 Å². The largest absolute Gasteiger partial charge is 0.455 e. The maximum absolute atomic E-state index is 6.93. The highest BCUT2D eigenvalue weighted by Gasteiger charge is 2.25. The smallest absolute Gasteiger partial charge is 0.163 e. The van der Waals surface area contributed by atoms with Crippen LogP contribution in [0.25, 0.3) is 76.2 Å². The fourth-order valence-electron chi connectivity index (χ4n) is 8.14. The summed E-state index contributed by atoms with van der Waals surface area (Å²) in [6.45, 7) is 0. The molecule has 0 saturated carbocycles. The van der Waals surface area contributed by atoms with E-state index in [-0.39, 0.29) is 6.17 Å². The van der Waals surface area contributed by atoms with Crippen molar-refractivity contribution in [3.8, 4) is 11.1 Å². The lowest BCUT2D eigenvalue weighted by atomic mass is 9.91. The molecular formula is C49H31N3O. The monoisotopic (exact) mass is 677 g/mol. The quantitative estimate of drug-likeness (QED) is 0.189. The first-order valence-electron chi connectivity index (χ1n) is 18.0. The van der Waals surface area contributed by atoms with E-state index >= 15 is 0 Å². The van der Waals surface area contributed by atoms with Crippen molar-refractivity contribution in [2.24, 2.45) is 9.98 Å². The molecule has 248 valence electrons. The molecule has 2 heterocycles. The minimum atomic E-state index is -0.330. The second kappa shape index (κ2) is 11.8. The Balaban J connectivity index is 1.21. The average Bonchev–Trinajstić information content (AvgIpc) is 3.63. The zero-order valence-electron chi connectivity index (χ0n) is 28.6. The van der Waals surface area contributed by atoms with Crippen LogP contribution in [0.4, 0.5) is 0 Å². The number of furan rings is 1. The number of hydrogen-bond acceptors (Lipinski definition) is 4. The number of nitrogens with one attached hydrogen (secondary N) is 1. The summed E-state index contributed by atoms with van der Waals surface area (Å²) in [5.74, 6) is 1.40. The van der Waals surface area contributed by atoms with E-state index in [9.17, 15) is 0 Å². The van der Waals surface area contributed by atoms with E-state index in [1.54, 1.807) is 0 Å².